The van der Waals surface area contributed by atoms with Gasteiger partial charge in [0, 0.05) is 19.1 Å². The lowest BCUT2D eigenvalue weighted by atomic mass is 10.1. The Labute approximate surface area is 100 Å². The molecule has 0 spiro atoms. The Kier molecular flexibility index (Phi) is 3.49. The second kappa shape index (κ2) is 5.05. The van der Waals surface area contributed by atoms with E-state index in [0.29, 0.717) is 24.9 Å². The zero-order valence-corrected chi connectivity index (χ0v) is 9.57. The van der Waals surface area contributed by atoms with Crippen LogP contribution in [0.4, 0.5) is 4.79 Å². The van der Waals surface area contributed by atoms with Crippen LogP contribution in [0.1, 0.15) is 23.6 Å². The van der Waals surface area contributed by atoms with Crippen LogP contribution in [-0.4, -0.2) is 24.2 Å². The van der Waals surface area contributed by atoms with Crippen LogP contribution in [0.2, 0.25) is 0 Å². The second-order valence-corrected chi connectivity index (χ2v) is 4.22. The number of benzene rings is 1. The Morgan fingerprint density at radius 3 is 3.06 bits per heavy atom. The van der Waals surface area contributed by atoms with E-state index in [-0.39, 0.29) is 0 Å². The summed E-state index contributed by atoms with van der Waals surface area (Å²) < 4.78 is 0. The van der Waals surface area contributed by atoms with Crippen LogP contribution in [-0.2, 0) is 6.42 Å². The van der Waals surface area contributed by atoms with Gasteiger partial charge in [-0.25, -0.2) is 4.79 Å². The molecule has 92 valence electrons. The molecule has 1 aliphatic rings. The minimum absolute atomic E-state index is 0.306. The van der Waals surface area contributed by atoms with Gasteiger partial charge in [0.05, 0.1) is 0 Å². The standard InChI is InChI=1S/C12H17N3O2/c13-12(17)15-6-5-14-11-4-1-8-7-9(16)2-3-10(8)11/h2-3,7,11,14,16H,1,4-6H2,(H3,13,15,17). The van der Waals surface area contributed by atoms with Crippen LogP contribution in [0.3, 0.4) is 0 Å². The molecule has 0 saturated carbocycles. The van der Waals surface area contributed by atoms with Crippen LogP contribution >= 0.6 is 0 Å². The summed E-state index contributed by atoms with van der Waals surface area (Å²) in [4.78, 5) is 10.5. The minimum Gasteiger partial charge on any atom is -0.508 e. The summed E-state index contributed by atoms with van der Waals surface area (Å²) in [6, 6.07) is 5.29. The molecule has 1 aromatic rings. The number of fused-ring (bicyclic) bond motifs is 1. The SMILES string of the molecule is NC(=O)NCCNC1CCc2cc(O)ccc21. The number of aryl methyl sites for hydroxylation is 1. The molecule has 0 bridgehead atoms. The summed E-state index contributed by atoms with van der Waals surface area (Å²) in [5, 5.41) is 15.3. The fraction of sp³-hybridized carbons (Fsp3) is 0.417. The smallest absolute Gasteiger partial charge is 0.312 e. The maximum absolute atomic E-state index is 10.5. The molecule has 1 unspecified atom stereocenters. The summed E-state index contributed by atoms with van der Waals surface area (Å²) in [5.41, 5.74) is 7.41. The van der Waals surface area contributed by atoms with Gasteiger partial charge < -0.3 is 21.5 Å². The number of rotatable bonds is 4. The van der Waals surface area contributed by atoms with E-state index in [1.807, 2.05) is 12.1 Å². The lowest BCUT2D eigenvalue weighted by Crippen LogP contribution is -2.36. The largest absolute Gasteiger partial charge is 0.508 e. The lowest BCUT2D eigenvalue weighted by Gasteiger charge is -2.14. The highest BCUT2D eigenvalue weighted by Gasteiger charge is 2.21. The summed E-state index contributed by atoms with van der Waals surface area (Å²) in [5.74, 6) is 0.319. The average molecular weight is 235 g/mol. The topological polar surface area (TPSA) is 87.4 Å². The van der Waals surface area contributed by atoms with E-state index in [0.717, 1.165) is 12.8 Å². The Bertz CT molecular complexity index is 420. The van der Waals surface area contributed by atoms with Crippen molar-refractivity contribution in [2.24, 2.45) is 5.73 Å². The van der Waals surface area contributed by atoms with Crippen molar-refractivity contribution in [3.8, 4) is 5.75 Å². The number of carbonyl (C=O) groups excluding carboxylic acids is 1. The van der Waals surface area contributed by atoms with E-state index in [9.17, 15) is 9.90 Å². The van der Waals surface area contributed by atoms with Gasteiger partial charge in [-0.15, -0.1) is 0 Å². The summed E-state index contributed by atoms with van der Waals surface area (Å²) in [7, 11) is 0. The monoisotopic (exact) mass is 235 g/mol. The van der Waals surface area contributed by atoms with Crippen molar-refractivity contribution in [3.63, 3.8) is 0 Å². The molecular formula is C12H17N3O2. The van der Waals surface area contributed by atoms with Crippen molar-refractivity contribution >= 4 is 6.03 Å². The number of nitrogens with one attached hydrogen (secondary N) is 2. The molecule has 1 aromatic carbocycles. The molecule has 1 aliphatic carbocycles. The molecule has 0 heterocycles. The molecular weight excluding hydrogens is 218 g/mol. The molecule has 0 fully saturated rings. The van der Waals surface area contributed by atoms with E-state index in [2.05, 4.69) is 10.6 Å². The number of phenolic OH excluding ortho intramolecular Hbond substituents is 1. The van der Waals surface area contributed by atoms with Gasteiger partial charge in [-0.1, -0.05) is 6.07 Å². The predicted octanol–water partition coefficient (Wildman–Crippen LogP) is 0.637. The average Bonchev–Trinajstić information content (AvgIpc) is 2.66. The van der Waals surface area contributed by atoms with Crippen molar-refractivity contribution in [1.82, 2.24) is 10.6 Å². The van der Waals surface area contributed by atoms with E-state index in [4.69, 9.17) is 5.73 Å². The molecule has 5 heteroatoms. The Hall–Kier alpha value is -1.75. The Morgan fingerprint density at radius 1 is 1.47 bits per heavy atom. The fourth-order valence-electron chi connectivity index (χ4n) is 2.25. The first kappa shape index (κ1) is 11.7. The number of hydrogen-bond donors (Lipinski definition) is 4. The van der Waals surface area contributed by atoms with Gasteiger partial charge in [0.2, 0.25) is 0 Å². The summed E-state index contributed by atoms with van der Waals surface area (Å²) in [6.45, 7) is 1.22. The Morgan fingerprint density at radius 2 is 2.29 bits per heavy atom. The molecule has 1 atom stereocenters. The van der Waals surface area contributed by atoms with Crippen molar-refractivity contribution in [3.05, 3.63) is 29.3 Å². The molecule has 5 N–H and O–H groups in total. The van der Waals surface area contributed by atoms with Crippen LogP contribution < -0.4 is 16.4 Å². The van der Waals surface area contributed by atoms with Gasteiger partial charge in [0.15, 0.2) is 0 Å². The Balaban J connectivity index is 1.87. The van der Waals surface area contributed by atoms with Gasteiger partial charge in [0.1, 0.15) is 5.75 Å². The number of phenols is 1. The highest BCUT2D eigenvalue weighted by molar-refractivity contribution is 5.71. The van der Waals surface area contributed by atoms with E-state index in [1.54, 1.807) is 6.07 Å². The van der Waals surface area contributed by atoms with Crippen LogP contribution in [0.25, 0.3) is 0 Å². The van der Waals surface area contributed by atoms with Crippen LogP contribution in [0, 0.1) is 0 Å². The van der Waals surface area contributed by atoms with Crippen LogP contribution in [0.15, 0.2) is 18.2 Å². The molecule has 0 radical (unpaired) electrons. The molecule has 2 amide bonds. The normalized spacial score (nSPS) is 17.8. The van der Waals surface area contributed by atoms with E-state index in [1.165, 1.54) is 11.1 Å². The van der Waals surface area contributed by atoms with Gasteiger partial charge in [-0.05, 0) is 36.1 Å². The molecule has 0 saturated heterocycles. The number of urea groups is 1. The third-order valence-electron chi connectivity index (χ3n) is 3.02. The number of nitrogens with two attached hydrogens (primary N) is 1. The first-order valence-corrected chi connectivity index (χ1v) is 5.75. The predicted molar refractivity (Wildman–Crippen MR) is 64.8 cm³/mol. The summed E-state index contributed by atoms with van der Waals surface area (Å²) >= 11 is 0. The third-order valence-corrected chi connectivity index (χ3v) is 3.02. The summed E-state index contributed by atoms with van der Waals surface area (Å²) in [6.07, 6.45) is 2.00. The minimum atomic E-state index is -0.497. The van der Waals surface area contributed by atoms with Crippen molar-refractivity contribution in [1.29, 1.82) is 0 Å². The molecule has 5 nitrogen and oxygen atoms in total. The van der Waals surface area contributed by atoms with Crippen molar-refractivity contribution in [2.75, 3.05) is 13.1 Å². The van der Waals surface area contributed by atoms with E-state index >= 15 is 0 Å². The first-order valence-electron chi connectivity index (χ1n) is 5.75. The quantitative estimate of drug-likeness (QED) is 0.577. The highest BCUT2D eigenvalue weighted by Crippen LogP contribution is 2.32. The number of primary amides is 1. The van der Waals surface area contributed by atoms with Gasteiger partial charge in [-0.3, -0.25) is 0 Å². The third kappa shape index (κ3) is 2.88. The maximum Gasteiger partial charge on any atom is 0.312 e. The van der Waals surface area contributed by atoms with Gasteiger partial charge in [0.25, 0.3) is 0 Å². The van der Waals surface area contributed by atoms with Gasteiger partial charge >= 0.3 is 6.03 Å². The van der Waals surface area contributed by atoms with Crippen molar-refractivity contribution in [2.45, 2.75) is 18.9 Å². The maximum atomic E-state index is 10.5. The molecule has 17 heavy (non-hydrogen) atoms. The number of hydrogen-bond acceptors (Lipinski definition) is 3. The fourth-order valence-corrected chi connectivity index (χ4v) is 2.25. The molecule has 2 rings (SSSR count). The van der Waals surface area contributed by atoms with Crippen LogP contribution in [0.5, 0.6) is 5.75 Å². The lowest BCUT2D eigenvalue weighted by molar-refractivity contribution is 0.249. The number of carbonyl (C=O) groups is 1. The van der Waals surface area contributed by atoms with E-state index < -0.39 is 6.03 Å². The number of amides is 2. The molecule has 0 aliphatic heterocycles. The zero-order valence-electron chi connectivity index (χ0n) is 9.57. The second-order valence-electron chi connectivity index (χ2n) is 4.22. The van der Waals surface area contributed by atoms with Gasteiger partial charge in [-0.2, -0.15) is 0 Å². The first-order chi connectivity index (χ1) is 8.16. The number of aromatic hydroxyl groups is 1. The zero-order chi connectivity index (χ0) is 12.3. The molecule has 0 aromatic heterocycles. The highest BCUT2D eigenvalue weighted by atomic mass is 16.3. The van der Waals surface area contributed by atoms with Crippen molar-refractivity contribution < 1.29 is 9.90 Å².